The summed E-state index contributed by atoms with van der Waals surface area (Å²) < 4.78 is 0.573. The van der Waals surface area contributed by atoms with Gasteiger partial charge in [-0.25, -0.2) is 0 Å². The second-order valence-electron chi connectivity index (χ2n) is 2.47. The van der Waals surface area contributed by atoms with Gasteiger partial charge in [0, 0.05) is 11.4 Å². The number of nitro groups is 1. The lowest BCUT2D eigenvalue weighted by Gasteiger charge is -2.01. The number of alkyl halides is 1. The Labute approximate surface area is 102 Å². The number of nitro benzene ring substituents is 1. The van der Waals surface area contributed by atoms with Gasteiger partial charge in [-0.2, -0.15) is 5.26 Å². The van der Waals surface area contributed by atoms with Gasteiger partial charge in [-0.1, -0.05) is 15.9 Å². The van der Waals surface area contributed by atoms with Gasteiger partial charge >= 0.3 is 0 Å². The molecule has 14 heavy (non-hydrogen) atoms. The highest BCUT2D eigenvalue weighted by Gasteiger charge is 2.16. The van der Waals surface area contributed by atoms with Crippen LogP contribution >= 0.6 is 38.5 Å². The normalized spacial score (nSPS) is 9.50. The summed E-state index contributed by atoms with van der Waals surface area (Å²) in [4.78, 5) is 10.2. The molecule has 1 rings (SSSR count). The van der Waals surface area contributed by atoms with E-state index >= 15 is 0 Å². The molecule has 0 fully saturated rings. The molecule has 0 heterocycles. The maximum atomic E-state index is 10.6. The van der Waals surface area contributed by atoms with Crippen LogP contribution in [0.1, 0.15) is 11.1 Å². The summed E-state index contributed by atoms with van der Waals surface area (Å²) in [6.07, 6.45) is 0. The van der Waals surface area contributed by atoms with E-state index in [0.29, 0.717) is 14.5 Å². The quantitative estimate of drug-likeness (QED) is 0.350. The van der Waals surface area contributed by atoms with Crippen LogP contribution in [0.3, 0.4) is 0 Å². The summed E-state index contributed by atoms with van der Waals surface area (Å²) >= 11 is 5.13. The molecule has 0 aromatic heterocycles. The van der Waals surface area contributed by atoms with Crippen molar-refractivity contribution in [3.8, 4) is 6.07 Å². The Kier molecular flexibility index (Phi) is 3.83. The van der Waals surface area contributed by atoms with E-state index in [4.69, 9.17) is 5.26 Å². The summed E-state index contributed by atoms with van der Waals surface area (Å²) in [6, 6.07) is 4.82. The Morgan fingerprint density at radius 1 is 1.64 bits per heavy atom. The minimum Gasteiger partial charge on any atom is -0.258 e. The monoisotopic (exact) mass is 366 g/mol. The Hall–Kier alpha value is -0.680. The molecular weight excluding hydrogens is 363 g/mol. The molecule has 0 aliphatic carbocycles. The fourth-order valence-electron chi connectivity index (χ4n) is 0.963. The molecule has 0 spiro atoms. The van der Waals surface area contributed by atoms with Crippen LogP contribution in [0, 0.1) is 25.0 Å². The Morgan fingerprint density at radius 2 is 2.29 bits per heavy atom. The van der Waals surface area contributed by atoms with Crippen LogP contribution in [0.25, 0.3) is 0 Å². The molecule has 4 nitrogen and oxygen atoms in total. The maximum Gasteiger partial charge on any atom is 0.284 e. The topological polar surface area (TPSA) is 66.9 Å². The highest BCUT2D eigenvalue weighted by molar-refractivity contribution is 14.1. The van der Waals surface area contributed by atoms with Crippen molar-refractivity contribution in [3.63, 3.8) is 0 Å². The van der Waals surface area contributed by atoms with Crippen molar-refractivity contribution in [3.05, 3.63) is 36.9 Å². The number of benzene rings is 1. The summed E-state index contributed by atoms with van der Waals surface area (Å²) in [5, 5.41) is 19.8. The van der Waals surface area contributed by atoms with Crippen LogP contribution in [-0.4, -0.2) is 4.92 Å². The van der Waals surface area contributed by atoms with Crippen LogP contribution in [0.5, 0.6) is 0 Å². The van der Waals surface area contributed by atoms with Gasteiger partial charge < -0.3 is 0 Å². The fourth-order valence-corrected chi connectivity index (χ4v) is 2.63. The first-order valence-corrected chi connectivity index (χ1v) is 5.73. The summed E-state index contributed by atoms with van der Waals surface area (Å²) in [7, 11) is 0. The number of halogens is 2. The zero-order valence-corrected chi connectivity index (χ0v) is 10.6. The van der Waals surface area contributed by atoms with Crippen molar-refractivity contribution >= 4 is 44.2 Å². The van der Waals surface area contributed by atoms with Gasteiger partial charge in [0.1, 0.15) is 0 Å². The second-order valence-corrected chi connectivity index (χ2v) is 4.11. The zero-order valence-electron chi connectivity index (χ0n) is 6.83. The van der Waals surface area contributed by atoms with Crippen molar-refractivity contribution < 1.29 is 4.92 Å². The van der Waals surface area contributed by atoms with E-state index in [2.05, 4.69) is 15.9 Å². The van der Waals surface area contributed by atoms with Crippen LogP contribution in [0.4, 0.5) is 5.69 Å². The fraction of sp³-hybridized carbons (Fsp3) is 0.125. The lowest BCUT2D eigenvalue weighted by atomic mass is 10.1. The molecule has 0 bridgehead atoms. The molecule has 0 N–H and O–H groups in total. The van der Waals surface area contributed by atoms with Gasteiger partial charge in [-0.15, -0.1) is 0 Å². The first kappa shape index (κ1) is 11.4. The molecule has 0 radical (unpaired) electrons. The average Bonchev–Trinajstić information content (AvgIpc) is 2.17. The highest BCUT2D eigenvalue weighted by Crippen LogP contribution is 2.27. The molecular formula is C8H4BrIN2O2. The molecule has 0 aliphatic rings. The molecule has 72 valence electrons. The smallest absolute Gasteiger partial charge is 0.258 e. The third-order valence-electron chi connectivity index (χ3n) is 1.60. The van der Waals surface area contributed by atoms with E-state index < -0.39 is 4.92 Å². The van der Waals surface area contributed by atoms with Gasteiger partial charge in [0.25, 0.3) is 5.69 Å². The minimum absolute atomic E-state index is 0.0147. The van der Waals surface area contributed by atoms with Crippen LogP contribution in [-0.2, 0) is 5.33 Å². The van der Waals surface area contributed by atoms with Crippen LogP contribution < -0.4 is 0 Å². The summed E-state index contributed by atoms with van der Waals surface area (Å²) in [5.74, 6) is 0. The molecule has 0 saturated heterocycles. The Balaban J connectivity index is 3.44. The Morgan fingerprint density at radius 3 is 2.71 bits per heavy atom. The highest BCUT2D eigenvalue weighted by atomic mass is 127. The number of nitriles is 1. The number of hydrogen-bond acceptors (Lipinski definition) is 3. The van der Waals surface area contributed by atoms with Crippen molar-refractivity contribution in [2.75, 3.05) is 0 Å². The zero-order chi connectivity index (χ0) is 10.7. The van der Waals surface area contributed by atoms with Crippen molar-refractivity contribution in [2.45, 2.75) is 5.33 Å². The predicted octanol–water partition coefficient (Wildman–Crippen LogP) is 2.97. The van der Waals surface area contributed by atoms with E-state index in [-0.39, 0.29) is 5.69 Å². The summed E-state index contributed by atoms with van der Waals surface area (Å²) in [6.45, 7) is 0. The number of rotatable bonds is 2. The molecule has 1 aromatic carbocycles. The van der Waals surface area contributed by atoms with E-state index in [0.717, 1.165) is 5.56 Å². The molecule has 0 amide bonds. The average molecular weight is 367 g/mol. The van der Waals surface area contributed by atoms with E-state index in [1.165, 1.54) is 6.07 Å². The molecule has 0 saturated carbocycles. The third-order valence-corrected chi connectivity index (χ3v) is 3.45. The van der Waals surface area contributed by atoms with E-state index in [1.54, 1.807) is 6.07 Å². The van der Waals surface area contributed by atoms with Crippen LogP contribution in [0.2, 0.25) is 0 Å². The maximum absolute atomic E-state index is 10.6. The first-order chi connectivity index (χ1) is 6.60. The molecule has 0 unspecified atom stereocenters. The molecule has 1 aromatic rings. The van der Waals surface area contributed by atoms with Crippen molar-refractivity contribution in [1.29, 1.82) is 5.26 Å². The van der Waals surface area contributed by atoms with Crippen molar-refractivity contribution in [1.82, 2.24) is 0 Å². The minimum atomic E-state index is -0.477. The molecule has 6 heteroatoms. The van der Waals surface area contributed by atoms with Gasteiger partial charge in [-0.3, -0.25) is 10.1 Å². The summed E-state index contributed by atoms with van der Waals surface area (Å²) in [5.41, 5.74) is 1.06. The van der Waals surface area contributed by atoms with Gasteiger partial charge in [0.05, 0.1) is 20.1 Å². The predicted molar refractivity (Wildman–Crippen MR) is 63.2 cm³/mol. The SMILES string of the molecule is N#Cc1cc(CBr)c(I)c([N+](=O)[O-])c1. The second kappa shape index (κ2) is 4.70. The molecule has 0 aliphatic heterocycles. The largest absolute Gasteiger partial charge is 0.284 e. The van der Waals surface area contributed by atoms with Gasteiger partial charge in [0.2, 0.25) is 0 Å². The lowest BCUT2D eigenvalue weighted by molar-refractivity contribution is -0.385. The standard InChI is InChI=1S/C8H4BrIN2O2/c9-3-6-1-5(4-11)2-7(8(6)10)12(13)14/h1-2H,3H2. The van der Waals surface area contributed by atoms with Crippen molar-refractivity contribution in [2.24, 2.45) is 0 Å². The number of hydrogen-bond donors (Lipinski definition) is 0. The Bertz CT molecular complexity index is 428. The van der Waals surface area contributed by atoms with Gasteiger partial charge in [0.15, 0.2) is 0 Å². The van der Waals surface area contributed by atoms with E-state index in [9.17, 15) is 10.1 Å². The van der Waals surface area contributed by atoms with E-state index in [1.807, 2.05) is 28.7 Å². The number of nitrogens with zero attached hydrogens (tertiary/aromatic N) is 2. The van der Waals surface area contributed by atoms with Gasteiger partial charge in [-0.05, 0) is 34.2 Å². The lowest BCUT2D eigenvalue weighted by Crippen LogP contribution is -1.96. The van der Waals surface area contributed by atoms with Crippen LogP contribution in [0.15, 0.2) is 12.1 Å². The molecule has 0 atom stereocenters. The first-order valence-electron chi connectivity index (χ1n) is 3.53. The third kappa shape index (κ3) is 2.22.